The minimum absolute atomic E-state index is 0.620. The number of rotatable bonds is 5. The van der Waals surface area contributed by atoms with Gasteiger partial charge in [-0.25, -0.2) is 0 Å². The van der Waals surface area contributed by atoms with Crippen molar-refractivity contribution in [1.29, 1.82) is 0 Å². The number of piperazine rings is 1. The van der Waals surface area contributed by atoms with Crippen molar-refractivity contribution < 1.29 is 0 Å². The van der Waals surface area contributed by atoms with Crippen LogP contribution in [0.4, 0.5) is 0 Å². The molecule has 2 unspecified atom stereocenters. The summed E-state index contributed by atoms with van der Waals surface area (Å²) in [6.07, 6.45) is 3.29. The van der Waals surface area contributed by atoms with Crippen LogP contribution in [0.3, 0.4) is 0 Å². The van der Waals surface area contributed by atoms with Gasteiger partial charge in [0.25, 0.3) is 0 Å². The summed E-state index contributed by atoms with van der Waals surface area (Å²) in [6, 6.07) is 5.58. The molecular weight excluding hydrogens is 258 g/mol. The maximum Gasteiger partial charge on any atom is 0.0372 e. The Balaban J connectivity index is 2.04. The Morgan fingerprint density at radius 3 is 2.62 bits per heavy atom. The van der Waals surface area contributed by atoms with Crippen LogP contribution in [0.25, 0.3) is 0 Å². The van der Waals surface area contributed by atoms with Gasteiger partial charge in [0.05, 0.1) is 0 Å². The molecule has 1 saturated heterocycles. The number of hydrogen-bond acceptors (Lipinski definition) is 3. The Kier molecular flexibility index (Phi) is 5.77. The van der Waals surface area contributed by atoms with Gasteiger partial charge in [-0.05, 0) is 36.8 Å². The van der Waals surface area contributed by atoms with E-state index < -0.39 is 0 Å². The van der Waals surface area contributed by atoms with E-state index in [0.717, 1.165) is 31.2 Å². The van der Waals surface area contributed by atoms with Gasteiger partial charge in [-0.15, -0.1) is 0 Å². The van der Waals surface area contributed by atoms with Crippen molar-refractivity contribution in [3.63, 3.8) is 0 Å². The molecule has 118 valence electrons. The van der Waals surface area contributed by atoms with Gasteiger partial charge in [0.2, 0.25) is 0 Å². The highest BCUT2D eigenvalue weighted by Crippen LogP contribution is 2.20. The maximum atomic E-state index is 4.44. The standard InChI is InChI=1S/C18H31N3/c1-13(2)8-17-12-21(18(10-20-17)14(3)4)11-16-7-6-15(5)19-9-16/h6-7,9,13-14,17-18,20H,8,10-12H2,1-5H3. The highest BCUT2D eigenvalue weighted by Gasteiger charge is 2.29. The first-order valence-corrected chi connectivity index (χ1v) is 8.34. The van der Waals surface area contributed by atoms with Crippen LogP contribution in [-0.2, 0) is 6.54 Å². The minimum Gasteiger partial charge on any atom is -0.311 e. The number of aryl methyl sites for hydroxylation is 1. The van der Waals surface area contributed by atoms with E-state index in [9.17, 15) is 0 Å². The van der Waals surface area contributed by atoms with Gasteiger partial charge < -0.3 is 5.32 Å². The summed E-state index contributed by atoms with van der Waals surface area (Å²) in [6.45, 7) is 14.6. The minimum atomic E-state index is 0.620. The number of hydrogen-bond donors (Lipinski definition) is 1. The Morgan fingerprint density at radius 2 is 2.05 bits per heavy atom. The largest absolute Gasteiger partial charge is 0.311 e. The normalized spacial score (nSPS) is 24.0. The summed E-state index contributed by atoms with van der Waals surface area (Å²) in [4.78, 5) is 7.09. The van der Waals surface area contributed by atoms with Crippen LogP contribution in [0, 0.1) is 18.8 Å². The molecule has 1 aliphatic heterocycles. The average Bonchev–Trinajstić information content (AvgIpc) is 2.40. The molecule has 2 atom stereocenters. The van der Waals surface area contributed by atoms with Gasteiger partial charge in [0, 0.05) is 43.6 Å². The average molecular weight is 289 g/mol. The second kappa shape index (κ2) is 7.37. The van der Waals surface area contributed by atoms with Crippen molar-refractivity contribution in [1.82, 2.24) is 15.2 Å². The fourth-order valence-corrected chi connectivity index (χ4v) is 3.29. The highest BCUT2D eigenvalue weighted by molar-refractivity contribution is 5.13. The van der Waals surface area contributed by atoms with Crippen molar-refractivity contribution in [2.45, 2.75) is 59.7 Å². The van der Waals surface area contributed by atoms with E-state index in [-0.39, 0.29) is 0 Å². The lowest BCUT2D eigenvalue weighted by atomic mass is 9.94. The zero-order valence-corrected chi connectivity index (χ0v) is 14.3. The molecule has 0 aromatic carbocycles. The van der Waals surface area contributed by atoms with Gasteiger partial charge in [-0.3, -0.25) is 9.88 Å². The van der Waals surface area contributed by atoms with E-state index in [1.165, 1.54) is 12.0 Å². The molecule has 0 saturated carbocycles. The maximum absolute atomic E-state index is 4.44. The quantitative estimate of drug-likeness (QED) is 0.902. The SMILES string of the molecule is Cc1ccc(CN2CC(CC(C)C)NCC2C(C)C)cn1. The lowest BCUT2D eigenvalue weighted by Crippen LogP contribution is -2.58. The van der Waals surface area contributed by atoms with E-state index in [2.05, 4.69) is 55.0 Å². The Morgan fingerprint density at radius 1 is 1.29 bits per heavy atom. The molecule has 2 heterocycles. The smallest absolute Gasteiger partial charge is 0.0372 e. The second-order valence-corrected chi connectivity index (χ2v) is 7.28. The Bertz CT molecular complexity index is 425. The van der Waals surface area contributed by atoms with Gasteiger partial charge >= 0.3 is 0 Å². The van der Waals surface area contributed by atoms with E-state index >= 15 is 0 Å². The lowest BCUT2D eigenvalue weighted by Gasteiger charge is -2.43. The molecule has 1 aromatic rings. The predicted octanol–water partition coefficient (Wildman–Crippen LogP) is 3.23. The van der Waals surface area contributed by atoms with Gasteiger partial charge in [0.15, 0.2) is 0 Å². The van der Waals surface area contributed by atoms with Gasteiger partial charge in [-0.1, -0.05) is 33.8 Å². The summed E-state index contributed by atoms with van der Waals surface area (Å²) in [7, 11) is 0. The summed E-state index contributed by atoms with van der Waals surface area (Å²) < 4.78 is 0. The van der Waals surface area contributed by atoms with Crippen LogP contribution in [0.15, 0.2) is 18.3 Å². The molecule has 1 aliphatic rings. The fraction of sp³-hybridized carbons (Fsp3) is 0.722. The first-order valence-electron chi connectivity index (χ1n) is 8.34. The molecule has 1 N–H and O–H groups in total. The molecule has 1 fully saturated rings. The zero-order chi connectivity index (χ0) is 15.4. The zero-order valence-electron chi connectivity index (χ0n) is 14.3. The monoisotopic (exact) mass is 289 g/mol. The molecule has 0 radical (unpaired) electrons. The number of nitrogens with one attached hydrogen (secondary N) is 1. The van der Waals surface area contributed by atoms with Crippen molar-refractivity contribution in [2.75, 3.05) is 13.1 Å². The Hall–Kier alpha value is -0.930. The molecule has 0 aliphatic carbocycles. The van der Waals surface area contributed by atoms with Gasteiger partial charge in [0.1, 0.15) is 0 Å². The molecule has 2 rings (SSSR count). The summed E-state index contributed by atoms with van der Waals surface area (Å²) in [5.41, 5.74) is 2.42. The lowest BCUT2D eigenvalue weighted by molar-refractivity contribution is 0.0851. The third-order valence-electron chi connectivity index (χ3n) is 4.42. The second-order valence-electron chi connectivity index (χ2n) is 7.28. The van der Waals surface area contributed by atoms with E-state index in [4.69, 9.17) is 0 Å². The van der Waals surface area contributed by atoms with Crippen LogP contribution in [0.1, 0.15) is 45.4 Å². The van der Waals surface area contributed by atoms with Crippen molar-refractivity contribution in [2.24, 2.45) is 11.8 Å². The van der Waals surface area contributed by atoms with Gasteiger partial charge in [-0.2, -0.15) is 0 Å². The molecule has 0 spiro atoms. The summed E-state index contributed by atoms with van der Waals surface area (Å²) >= 11 is 0. The highest BCUT2D eigenvalue weighted by atomic mass is 15.2. The fourth-order valence-electron chi connectivity index (χ4n) is 3.29. The number of pyridine rings is 1. The molecule has 3 heteroatoms. The molecule has 3 nitrogen and oxygen atoms in total. The number of nitrogens with zero attached hydrogens (tertiary/aromatic N) is 2. The molecule has 0 bridgehead atoms. The Labute approximate surface area is 130 Å². The van der Waals surface area contributed by atoms with Crippen LogP contribution < -0.4 is 5.32 Å². The first-order chi connectivity index (χ1) is 9.95. The molecule has 1 aromatic heterocycles. The van der Waals surface area contributed by atoms with Crippen LogP contribution in [-0.4, -0.2) is 35.1 Å². The van der Waals surface area contributed by atoms with Crippen molar-refractivity contribution in [3.05, 3.63) is 29.6 Å². The van der Waals surface area contributed by atoms with E-state index in [1.54, 1.807) is 0 Å². The van der Waals surface area contributed by atoms with Crippen molar-refractivity contribution >= 4 is 0 Å². The molecule has 0 amide bonds. The third kappa shape index (κ3) is 4.79. The predicted molar refractivity (Wildman–Crippen MR) is 89.3 cm³/mol. The number of aromatic nitrogens is 1. The first kappa shape index (κ1) is 16.4. The summed E-state index contributed by atoms with van der Waals surface area (Å²) in [5, 5.41) is 3.75. The van der Waals surface area contributed by atoms with Crippen LogP contribution >= 0.6 is 0 Å². The molecular formula is C18H31N3. The topological polar surface area (TPSA) is 28.2 Å². The van der Waals surface area contributed by atoms with E-state index in [1.807, 2.05) is 13.1 Å². The van der Waals surface area contributed by atoms with E-state index in [0.29, 0.717) is 18.0 Å². The summed E-state index contributed by atoms with van der Waals surface area (Å²) in [5.74, 6) is 1.43. The van der Waals surface area contributed by atoms with Crippen molar-refractivity contribution in [3.8, 4) is 0 Å². The third-order valence-corrected chi connectivity index (χ3v) is 4.42. The van der Waals surface area contributed by atoms with Crippen LogP contribution in [0.5, 0.6) is 0 Å². The molecule has 21 heavy (non-hydrogen) atoms. The van der Waals surface area contributed by atoms with Crippen LogP contribution in [0.2, 0.25) is 0 Å².